The van der Waals surface area contributed by atoms with E-state index in [4.69, 9.17) is 9.47 Å². The maximum absolute atomic E-state index is 9.84. The first-order chi connectivity index (χ1) is 7.67. The molecule has 84 valence electrons. The Kier molecular flexibility index (Phi) is 2.60. The van der Waals surface area contributed by atoms with Gasteiger partial charge in [-0.3, -0.25) is 0 Å². The summed E-state index contributed by atoms with van der Waals surface area (Å²) in [6.07, 6.45) is 0. The van der Waals surface area contributed by atoms with Gasteiger partial charge in [0.1, 0.15) is 5.75 Å². The lowest BCUT2D eigenvalue weighted by Gasteiger charge is -2.12. The van der Waals surface area contributed by atoms with Crippen molar-refractivity contribution in [1.82, 2.24) is 0 Å². The van der Waals surface area contributed by atoms with Gasteiger partial charge in [0.15, 0.2) is 11.5 Å². The molecule has 2 rings (SSSR count). The molecule has 0 atom stereocenters. The van der Waals surface area contributed by atoms with Gasteiger partial charge in [-0.1, -0.05) is 0 Å². The number of ether oxygens (including phenoxy) is 2. The summed E-state index contributed by atoms with van der Waals surface area (Å²) in [4.78, 5) is 0. The fraction of sp³-hybridized carbons (Fsp3) is 0.231. The van der Waals surface area contributed by atoms with E-state index in [1.165, 1.54) is 0 Å². The van der Waals surface area contributed by atoms with Crippen LogP contribution in [-0.2, 0) is 0 Å². The third-order valence-electron chi connectivity index (χ3n) is 2.60. The Morgan fingerprint density at radius 3 is 2.38 bits per heavy atom. The fourth-order valence-electron chi connectivity index (χ4n) is 1.88. The minimum Gasteiger partial charge on any atom is -0.507 e. The second kappa shape index (κ2) is 3.93. The number of hydrogen-bond acceptors (Lipinski definition) is 3. The zero-order valence-corrected chi connectivity index (χ0v) is 9.57. The molecule has 0 aliphatic heterocycles. The van der Waals surface area contributed by atoms with Crippen molar-refractivity contribution in [3.8, 4) is 17.2 Å². The highest BCUT2D eigenvalue weighted by atomic mass is 16.5. The van der Waals surface area contributed by atoms with Gasteiger partial charge in [-0.2, -0.15) is 0 Å². The van der Waals surface area contributed by atoms with Crippen LogP contribution in [0.5, 0.6) is 17.2 Å². The maximum Gasteiger partial charge on any atom is 0.168 e. The Hall–Kier alpha value is -1.90. The molecule has 2 aromatic rings. The average molecular weight is 218 g/mol. The molecule has 0 aliphatic rings. The number of phenols is 1. The molecule has 0 aromatic heterocycles. The van der Waals surface area contributed by atoms with Gasteiger partial charge in [0.2, 0.25) is 0 Å². The van der Waals surface area contributed by atoms with E-state index in [2.05, 4.69) is 0 Å². The summed E-state index contributed by atoms with van der Waals surface area (Å²) < 4.78 is 10.5. The summed E-state index contributed by atoms with van der Waals surface area (Å²) in [5, 5.41) is 11.5. The zero-order chi connectivity index (χ0) is 11.7. The van der Waals surface area contributed by atoms with Gasteiger partial charge in [0.05, 0.1) is 14.2 Å². The SMILES string of the molecule is COc1ccc2c(O)cc(C)cc2c1OC. The highest BCUT2D eigenvalue weighted by Gasteiger charge is 2.11. The first-order valence-electron chi connectivity index (χ1n) is 5.01. The summed E-state index contributed by atoms with van der Waals surface area (Å²) in [6.45, 7) is 1.93. The summed E-state index contributed by atoms with van der Waals surface area (Å²) >= 11 is 0. The first-order valence-corrected chi connectivity index (χ1v) is 5.01. The second-order valence-electron chi connectivity index (χ2n) is 3.68. The monoisotopic (exact) mass is 218 g/mol. The Balaban J connectivity index is 2.86. The largest absolute Gasteiger partial charge is 0.507 e. The number of fused-ring (bicyclic) bond motifs is 1. The molecule has 2 aromatic carbocycles. The summed E-state index contributed by atoms with van der Waals surface area (Å²) in [5.41, 5.74) is 0.983. The molecule has 0 radical (unpaired) electrons. The van der Waals surface area contributed by atoms with E-state index in [-0.39, 0.29) is 5.75 Å². The van der Waals surface area contributed by atoms with Gasteiger partial charge in [-0.15, -0.1) is 0 Å². The van der Waals surface area contributed by atoms with Crippen LogP contribution in [-0.4, -0.2) is 19.3 Å². The highest BCUT2D eigenvalue weighted by molar-refractivity contribution is 5.95. The third kappa shape index (κ3) is 1.54. The van der Waals surface area contributed by atoms with Crippen molar-refractivity contribution in [2.75, 3.05) is 14.2 Å². The molecule has 0 saturated carbocycles. The van der Waals surface area contributed by atoms with Gasteiger partial charge >= 0.3 is 0 Å². The topological polar surface area (TPSA) is 38.7 Å². The van der Waals surface area contributed by atoms with E-state index >= 15 is 0 Å². The number of aromatic hydroxyl groups is 1. The maximum atomic E-state index is 9.84. The van der Waals surface area contributed by atoms with Gasteiger partial charge in [0, 0.05) is 10.8 Å². The van der Waals surface area contributed by atoms with Gasteiger partial charge in [-0.05, 0) is 36.8 Å². The molecule has 3 nitrogen and oxygen atoms in total. The molecular weight excluding hydrogens is 204 g/mol. The smallest absolute Gasteiger partial charge is 0.168 e. The molecule has 3 heteroatoms. The minimum absolute atomic E-state index is 0.260. The van der Waals surface area contributed by atoms with Crippen LogP contribution in [0.15, 0.2) is 24.3 Å². The Labute approximate surface area is 94.2 Å². The summed E-state index contributed by atoms with van der Waals surface area (Å²) in [6, 6.07) is 7.31. The van der Waals surface area contributed by atoms with E-state index in [1.807, 2.05) is 19.1 Å². The lowest BCUT2D eigenvalue weighted by Crippen LogP contribution is -1.92. The minimum atomic E-state index is 0.260. The lowest BCUT2D eigenvalue weighted by molar-refractivity contribution is 0.358. The summed E-state index contributed by atoms with van der Waals surface area (Å²) in [5.74, 6) is 1.58. The number of phenolic OH excluding ortho intramolecular Hbond substituents is 1. The number of rotatable bonds is 2. The first kappa shape index (κ1) is 10.6. The molecule has 16 heavy (non-hydrogen) atoms. The number of benzene rings is 2. The quantitative estimate of drug-likeness (QED) is 0.842. The lowest BCUT2D eigenvalue weighted by atomic mass is 10.1. The molecule has 0 aliphatic carbocycles. The van der Waals surface area contributed by atoms with Crippen LogP contribution in [0.25, 0.3) is 10.8 Å². The standard InChI is InChI=1S/C13H14O3/c1-8-6-10-9(11(14)7-8)4-5-12(15-2)13(10)16-3/h4-7,14H,1-3H3. The Morgan fingerprint density at radius 1 is 1.00 bits per heavy atom. The van der Waals surface area contributed by atoms with Crippen LogP contribution >= 0.6 is 0 Å². The van der Waals surface area contributed by atoms with Gasteiger partial charge < -0.3 is 14.6 Å². The van der Waals surface area contributed by atoms with Crippen molar-refractivity contribution in [2.45, 2.75) is 6.92 Å². The van der Waals surface area contributed by atoms with Crippen LogP contribution in [0.1, 0.15) is 5.56 Å². The molecule has 0 amide bonds. The molecule has 0 unspecified atom stereocenters. The summed E-state index contributed by atoms with van der Waals surface area (Å²) in [7, 11) is 3.19. The van der Waals surface area contributed by atoms with E-state index in [1.54, 1.807) is 26.4 Å². The Morgan fingerprint density at radius 2 is 1.75 bits per heavy atom. The molecule has 0 bridgehead atoms. The van der Waals surface area contributed by atoms with E-state index in [0.717, 1.165) is 16.3 Å². The van der Waals surface area contributed by atoms with Crippen LogP contribution < -0.4 is 9.47 Å². The van der Waals surface area contributed by atoms with Crippen molar-refractivity contribution >= 4 is 10.8 Å². The van der Waals surface area contributed by atoms with E-state index < -0.39 is 0 Å². The number of aryl methyl sites for hydroxylation is 1. The molecular formula is C13H14O3. The normalized spacial score (nSPS) is 10.4. The predicted octanol–water partition coefficient (Wildman–Crippen LogP) is 2.87. The van der Waals surface area contributed by atoms with Crippen molar-refractivity contribution in [1.29, 1.82) is 0 Å². The average Bonchev–Trinajstić information content (AvgIpc) is 2.27. The van der Waals surface area contributed by atoms with Gasteiger partial charge in [0.25, 0.3) is 0 Å². The van der Waals surface area contributed by atoms with Crippen LogP contribution in [0.2, 0.25) is 0 Å². The van der Waals surface area contributed by atoms with Crippen molar-refractivity contribution < 1.29 is 14.6 Å². The second-order valence-corrected chi connectivity index (χ2v) is 3.68. The van der Waals surface area contributed by atoms with Crippen molar-refractivity contribution in [3.63, 3.8) is 0 Å². The predicted molar refractivity (Wildman–Crippen MR) is 63.5 cm³/mol. The van der Waals surface area contributed by atoms with Crippen LogP contribution in [0.3, 0.4) is 0 Å². The van der Waals surface area contributed by atoms with Gasteiger partial charge in [-0.25, -0.2) is 0 Å². The molecule has 0 saturated heterocycles. The van der Waals surface area contributed by atoms with E-state index in [0.29, 0.717) is 11.5 Å². The van der Waals surface area contributed by atoms with Crippen LogP contribution in [0.4, 0.5) is 0 Å². The van der Waals surface area contributed by atoms with E-state index in [9.17, 15) is 5.11 Å². The van der Waals surface area contributed by atoms with Crippen LogP contribution in [0, 0.1) is 6.92 Å². The third-order valence-corrected chi connectivity index (χ3v) is 2.60. The highest BCUT2D eigenvalue weighted by Crippen LogP contribution is 2.39. The fourth-order valence-corrected chi connectivity index (χ4v) is 1.88. The van der Waals surface area contributed by atoms with Crippen molar-refractivity contribution in [3.05, 3.63) is 29.8 Å². The zero-order valence-electron chi connectivity index (χ0n) is 9.57. The number of hydrogen-bond donors (Lipinski definition) is 1. The molecule has 0 fully saturated rings. The molecule has 0 heterocycles. The molecule has 0 spiro atoms. The Bertz CT molecular complexity index is 532. The molecule has 1 N–H and O–H groups in total. The number of methoxy groups -OCH3 is 2. The van der Waals surface area contributed by atoms with Crippen molar-refractivity contribution in [2.24, 2.45) is 0 Å².